The number of nitrogens with one attached hydrogen (secondary N) is 1. The van der Waals surface area contributed by atoms with Gasteiger partial charge < -0.3 is 10.4 Å². The highest BCUT2D eigenvalue weighted by Crippen LogP contribution is 2.32. The van der Waals surface area contributed by atoms with Gasteiger partial charge in [-0.25, -0.2) is 4.98 Å². The maximum Gasteiger partial charge on any atom is 0.251 e. The second-order valence-electron chi connectivity index (χ2n) is 6.49. The molecule has 1 amide bonds. The van der Waals surface area contributed by atoms with Crippen molar-refractivity contribution >= 4 is 17.2 Å². The lowest BCUT2D eigenvalue weighted by atomic mass is 9.97. The highest BCUT2D eigenvalue weighted by atomic mass is 32.1. The Bertz CT molecular complexity index is 916. The van der Waals surface area contributed by atoms with Crippen molar-refractivity contribution in [3.63, 3.8) is 0 Å². The highest BCUT2D eigenvalue weighted by molar-refractivity contribution is 7.13. The molecule has 0 radical (unpaired) electrons. The number of carbonyl (C=O) groups excluding carboxylic acids is 1. The quantitative estimate of drug-likeness (QED) is 0.711. The molecule has 1 unspecified atom stereocenters. The van der Waals surface area contributed by atoms with Gasteiger partial charge in [-0.15, -0.1) is 11.3 Å². The third kappa shape index (κ3) is 4.00. The number of thiazole rings is 1. The van der Waals surface area contributed by atoms with E-state index in [9.17, 15) is 9.90 Å². The summed E-state index contributed by atoms with van der Waals surface area (Å²) in [5.41, 5.74) is 7.55. The van der Waals surface area contributed by atoms with Crippen LogP contribution in [-0.4, -0.2) is 28.6 Å². The normalized spacial score (nSPS) is 12.0. The predicted octanol–water partition coefficient (Wildman–Crippen LogP) is 4.20. The molecule has 4 nitrogen and oxygen atoms in total. The first kappa shape index (κ1) is 18.3. The number of amides is 1. The van der Waals surface area contributed by atoms with Crippen LogP contribution in [0.1, 0.15) is 28.5 Å². The lowest BCUT2D eigenvalue weighted by Gasteiger charge is -2.13. The molecule has 0 spiro atoms. The molecule has 0 saturated heterocycles. The fourth-order valence-corrected chi connectivity index (χ4v) is 3.53. The molecule has 3 aromatic rings. The van der Waals surface area contributed by atoms with Crippen LogP contribution >= 0.6 is 11.3 Å². The van der Waals surface area contributed by atoms with Gasteiger partial charge in [-0.3, -0.25) is 4.79 Å². The molecule has 0 aliphatic rings. The monoisotopic (exact) mass is 366 g/mol. The maximum absolute atomic E-state index is 12.6. The fourth-order valence-electron chi connectivity index (χ4n) is 2.73. The Morgan fingerprint density at radius 3 is 2.42 bits per heavy atom. The number of nitrogens with zero attached hydrogens (tertiary/aromatic N) is 1. The van der Waals surface area contributed by atoms with Crippen LogP contribution in [0.5, 0.6) is 0 Å². The van der Waals surface area contributed by atoms with Crippen LogP contribution in [0.25, 0.3) is 21.6 Å². The molecule has 5 heteroatoms. The van der Waals surface area contributed by atoms with Crippen molar-refractivity contribution in [2.45, 2.75) is 26.8 Å². The number of aromatic nitrogens is 1. The molecule has 0 fully saturated rings. The van der Waals surface area contributed by atoms with Crippen LogP contribution in [-0.2, 0) is 0 Å². The SMILES string of the molecule is Cc1ccc(-c2cc(C(=O)NC(C)CO)cc(-c3scnc3C)c2)cc1. The Hall–Kier alpha value is -2.50. The number of aliphatic hydroxyl groups is 1. The molecule has 26 heavy (non-hydrogen) atoms. The molecular formula is C21H22N2O2S. The van der Waals surface area contributed by atoms with Crippen LogP contribution in [0.2, 0.25) is 0 Å². The van der Waals surface area contributed by atoms with Crippen LogP contribution in [0.3, 0.4) is 0 Å². The van der Waals surface area contributed by atoms with Gasteiger partial charge >= 0.3 is 0 Å². The molecule has 0 aliphatic carbocycles. The van der Waals surface area contributed by atoms with Gasteiger partial charge in [0.2, 0.25) is 0 Å². The van der Waals surface area contributed by atoms with E-state index in [0.29, 0.717) is 5.56 Å². The summed E-state index contributed by atoms with van der Waals surface area (Å²) in [6, 6.07) is 13.8. The molecule has 0 aliphatic heterocycles. The highest BCUT2D eigenvalue weighted by Gasteiger charge is 2.14. The summed E-state index contributed by atoms with van der Waals surface area (Å²) < 4.78 is 0. The van der Waals surface area contributed by atoms with Crippen molar-refractivity contribution in [3.8, 4) is 21.6 Å². The number of rotatable bonds is 5. The molecule has 1 heterocycles. The van der Waals surface area contributed by atoms with E-state index in [1.165, 1.54) is 5.56 Å². The minimum Gasteiger partial charge on any atom is -0.394 e. The summed E-state index contributed by atoms with van der Waals surface area (Å²) in [4.78, 5) is 18.0. The van der Waals surface area contributed by atoms with Crippen molar-refractivity contribution in [3.05, 3.63) is 64.8 Å². The maximum atomic E-state index is 12.6. The molecular weight excluding hydrogens is 344 g/mol. The lowest BCUT2D eigenvalue weighted by Crippen LogP contribution is -2.35. The van der Waals surface area contributed by atoms with E-state index in [4.69, 9.17) is 0 Å². The minimum atomic E-state index is -0.292. The van der Waals surface area contributed by atoms with Gasteiger partial charge in [-0.1, -0.05) is 29.8 Å². The summed E-state index contributed by atoms with van der Waals surface area (Å²) in [5.74, 6) is -0.191. The minimum absolute atomic E-state index is 0.0931. The average Bonchev–Trinajstić information content (AvgIpc) is 3.07. The van der Waals surface area contributed by atoms with Crippen LogP contribution in [0.4, 0.5) is 0 Å². The van der Waals surface area contributed by atoms with Crippen molar-refractivity contribution in [1.82, 2.24) is 10.3 Å². The molecule has 0 bridgehead atoms. The summed E-state index contributed by atoms with van der Waals surface area (Å²) in [6.07, 6.45) is 0. The van der Waals surface area contributed by atoms with Gasteiger partial charge in [0, 0.05) is 11.6 Å². The van der Waals surface area contributed by atoms with E-state index in [-0.39, 0.29) is 18.6 Å². The third-order valence-corrected chi connectivity index (χ3v) is 5.22. The van der Waals surface area contributed by atoms with E-state index in [1.54, 1.807) is 18.3 Å². The summed E-state index contributed by atoms with van der Waals surface area (Å²) in [7, 11) is 0. The number of hydrogen-bond donors (Lipinski definition) is 2. The van der Waals surface area contributed by atoms with Crippen molar-refractivity contribution < 1.29 is 9.90 Å². The fraction of sp³-hybridized carbons (Fsp3) is 0.238. The summed E-state index contributed by atoms with van der Waals surface area (Å²) in [5, 5.41) is 12.0. The average molecular weight is 366 g/mol. The Kier molecular flexibility index (Phi) is 5.49. The molecule has 134 valence electrons. The van der Waals surface area contributed by atoms with Crippen LogP contribution in [0, 0.1) is 13.8 Å². The van der Waals surface area contributed by atoms with E-state index < -0.39 is 0 Å². The van der Waals surface area contributed by atoms with Gasteiger partial charge in [-0.2, -0.15) is 0 Å². The molecule has 2 aromatic carbocycles. The van der Waals surface area contributed by atoms with Crippen molar-refractivity contribution in [1.29, 1.82) is 0 Å². The third-order valence-electron chi connectivity index (χ3n) is 4.24. The molecule has 3 rings (SSSR count). The number of aliphatic hydroxyl groups excluding tert-OH is 1. The lowest BCUT2D eigenvalue weighted by molar-refractivity contribution is 0.0922. The largest absolute Gasteiger partial charge is 0.394 e. The predicted molar refractivity (Wildman–Crippen MR) is 106 cm³/mol. The topological polar surface area (TPSA) is 62.2 Å². The van der Waals surface area contributed by atoms with E-state index in [0.717, 1.165) is 27.3 Å². The first-order valence-electron chi connectivity index (χ1n) is 8.52. The molecule has 1 aromatic heterocycles. The molecule has 2 N–H and O–H groups in total. The Labute approximate surface area is 157 Å². The van der Waals surface area contributed by atoms with Crippen molar-refractivity contribution in [2.24, 2.45) is 0 Å². The number of benzene rings is 2. The summed E-state index contributed by atoms with van der Waals surface area (Å²) >= 11 is 1.56. The van der Waals surface area contributed by atoms with E-state index >= 15 is 0 Å². The Balaban J connectivity index is 2.09. The number of carbonyl (C=O) groups is 1. The molecule has 0 saturated carbocycles. The smallest absolute Gasteiger partial charge is 0.251 e. The second-order valence-corrected chi connectivity index (χ2v) is 7.34. The van der Waals surface area contributed by atoms with Gasteiger partial charge in [0.05, 0.1) is 22.7 Å². The van der Waals surface area contributed by atoms with Gasteiger partial charge in [0.15, 0.2) is 0 Å². The zero-order valence-corrected chi connectivity index (χ0v) is 15.9. The number of aryl methyl sites for hydroxylation is 2. The van der Waals surface area contributed by atoms with Gasteiger partial charge in [0.1, 0.15) is 0 Å². The van der Waals surface area contributed by atoms with Gasteiger partial charge in [0.25, 0.3) is 5.91 Å². The zero-order chi connectivity index (χ0) is 18.7. The Morgan fingerprint density at radius 1 is 1.12 bits per heavy atom. The standard InChI is InChI=1S/C21H22N2O2S/c1-13-4-6-16(7-5-13)17-8-18(20-15(3)22-12-26-20)10-19(9-17)21(25)23-14(2)11-24/h4-10,12,14,24H,11H2,1-3H3,(H,23,25). The van der Waals surface area contributed by atoms with E-state index in [1.807, 2.05) is 24.6 Å². The zero-order valence-electron chi connectivity index (χ0n) is 15.1. The van der Waals surface area contributed by atoms with Crippen LogP contribution in [0.15, 0.2) is 48.0 Å². The second kappa shape index (κ2) is 7.81. The van der Waals surface area contributed by atoms with Crippen LogP contribution < -0.4 is 5.32 Å². The first-order chi connectivity index (χ1) is 12.5. The summed E-state index contributed by atoms with van der Waals surface area (Å²) in [6.45, 7) is 5.70. The first-order valence-corrected chi connectivity index (χ1v) is 9.40. The van der Waals surface area contributed by atoms with Gasteiger partial charge in [-0.05, 0) is 55.7 Å². The van der Waals surface area contributed by atoms with E-state index in [2.05, 4.69) is 47.6 Å². The molecule has 1 atom stereocenters. The number of hydrogen-bond acceptors (Lipinski definition) is 4. The Morgan fingerprint density at radius 2 is 1.81 bits per heavy atom. The van der Waals surface area contributed by atoms with Crippen molar-refractivity contribution in [2.75, 3.05) is 6.61 Å².